The second-order valence-corrected chi connectivity index (χ2v) is 4.94. The van der Waals surface area contributed by atoms with Gasteiger partial charge in [-0.15, -0.1) is 0 Å². The van der Waals surface area contributed by atoms with E-state index in [1.54, 1.807) is 25.2 Å². The number of nitrogen functional groups attached to an aromatic ring is 1. The van der Waals surface area contributed by atoms with Gasteiger partial charge in [0.25, 0.3) is 5.91 Å². The first-order chi connectivity index (χ1) is 8.49. The molecule has 18 heavy (non-hydrogen) atoms. The Balaban J connectivity index is 2.24. The van der Waals surface area contributed by atoms with E-state index in [2.05, 4.69) is 26.3 Å². The maximum atomic E-state index is 12.0. The zero-order valence-corrected chi connectivity index (χ0v) is 11.8. The Morgan fingerprint density at radius 2 is 2.28 bits per heavy atom. The third-order valence-corrected chi connectivity index (χ3v) is 3.30. The molecule has 0 spiro atoms. The van der Waals surface area contributed by atoms with Crippen molar-refractivity contribution in [3.63, 3.8) is 0 Å². The van der Waals surface area contributed by atoms with Crippen LogP contribution in [0.25, 0.3) is 0 Å². The Labute approximate surface area is 117 Å². The number of anilines is 2. The van der Waals surface area contributed by atoms with Crippen molar-refractivity contribution in [1.82, 2.24) is 9.78 Å². The fourth-order valence-electron chi connectivity index (χ4n) is 1.40. The van der Waals surface area contributed by atoms with Crippen LogP contribution in [0.1, 0.15) is 10.4 Å². The molecule has 3 N–H and O–H groups in total. The quantitative estimate of drug-likeness (QED) is 0.889. The first-order valence-corrected chi connectivity index (χ1v) is 6.20. The molecule has 2 rings (SSSR count). The van der Waals surface area contributed by atoms with Gasteiger partial charge in [-0.05, 0) is 34.1 Å². The zero-order chi connectivity index (χ0) is 13.3. The van der Waals surface area contributed by atoms with E-state index in [-0.39, 0.29) is 5.91 Å². The molecule has 1 heterocycles. The van der Waals surface area contributed by atoms with Gasteiger partial charge in [0.05, 0.1) is 11.9 Å². The molecule has 0 aliphatic heterocycles. The van der Waals surface area contributed by atoms with Crippen molar-refractivity contribution in [3.05, 3.63) is 39.5 Å². The maximum Gasteiger partial charge on any atom is 0.261 e. The van der Waals surface area contributed by atoms with E-state index in [1.807, 2.05) is 0 Å². The van der Waals surface area contributed by atoms with Gasteiger partial charge in [-0.1, -0.05) is 11.6 Å². The molecule has 0 saturated carbocycles. The second kappa shape index (κ2) is 4.99. The number of hydrogen-bond donors (Lipinski definition) is 2. The van der Waals surface area contributed by atoms with E-state index in [0.717, 1.165) is 0 Å². The molecule has 1 amide bonds. The highest BCUT2D eigenvalue weighted by atomic mass is 79.9. The Hall–Kier alpha value is -1.53. The summed E-state index contributed by atoms with van der Waals surface area (Å²) in [5, 5.41) is 7.23. The van der Waals surface area contributed by atoms with Crippen LogP contribution in [0.4, 0.5) is 11.5 Å². The Kier molecular flexibility index (Phi) is 3.58. The van der Waals surface area contributed by atoms with Crippen LogP contribution in [0.5, 0.6) is 0 Å². The number of amides is 1. The van der Waals surface area contributed by atoms with Crippen LogP contribution in [-0.2, 0) is 7.05 Å². The van der Waals surface area contributed by atoms with Crippen molar-refractivity contribution in [3.8, 4) is 0 Å². The molecule has 0 saturated heterocycles. The Morgan fingerprint density at radius 3 is 2.83 bits per heavy atom. The Morgan fingerprint density at radius 1 is 1.56 bits per heavy atom. The van der Waals surface area contributed by atoms with Crippen LogP contribution in [0.2, 0.25) is 5.02 Å². The molecule has 5 nitrogen and oxygen atoms in total. The SMILES string of the molecule is Cn1ncc(C(=O)Nc2ccc(Cl)cc2Br)c1N. The van der Waals surface area contributed by atoms with Crippen LogP contribution >= 0.6 is 27.5 Å². The summed E-state index contributed by atoms with van der Waals surface area (Å²) in [6.07, 6.45) is 1.43. The van der Waals surface area contributed by atoms with Gasteiger partial charge in [-0.2, -0.15) is 5.10 Å². The summed E-state index contributed by atoms with van der Waals surface area (Å²) in [5.74, 6) is 0.00112. The third kappa shape index (κ3) is 2.49. The molecule has 7 heteroatoms. The topological polar surface area (TPSA) is 72.9 Å². The standard InChI is InChI=1S/C11H10BrClN4O/c1-17-10(14)7(5-15-17)11(18)16-9-3-2-6(13)4-8(9)12/h2-5H,14H2,1H3,(H,16,18). The number of carbonyl (C=O) groups excluding carboxylic acids is 1. The number of carbonyl (C=O) groups is 1. The lowest BCUT2D eigenvalue weighted by Gasteiger charge is -2.07. The van der Waals surface area contributed by atoms with Crippen molar-refractivity contribution in [2.75, 3.05) is 11.1 Å². The van der Waals surface area contributed by atoms with Crippen LogP contribution in [0.15, 0.2) is 28.9 Å². The lowest BCUT2D eigenvalue weighted by Crippen LogP contribution is -2.14. The van der Waals surface area contributed by atoms with Gasteiger partial charge >= 0.3 is 0 Å². The molecule has 0 bridgehead atoms. The van der Waals surface area contributed by atoms with E-state index in [4.69, 9.17) is 17.3 Å². The number of rotatable bonds is 2. The largest absolute Gasteiger partial charge is 0.383 e. The molecule has 94 valence electrons. The highest BCUT2D eigenvalue weighted by Gasteiger charge is 2.14. The summed E-state index contributed by atoms with van der Waals surface area (Å²) in [4.78, 5) is 12.0. The van der Waals surface area contributed by atoms with Crippen molar-refractivity contribution in [2.24, 2.45) is 7.05 Å². The molecule has 1 aromatic carbocycles. The molecule has 0 aliphatic rings. The summed E-state index contributed by atoms with van der Waals surface area (Å²) in [6.45, 7) is 0. The lowest BCUT2D eigenvalue weighted by molar-refractivity contribution is 0.102. The summed E-state index contributed by atoms with van der Waals surface area (Å²) < 4.78 is 2.14. The summed E-state index contributed by atoms with van der Waals surface area (Å²) >= 11 is 9.14. The molecule has 0 atom stereocenters. The number of aromatic nitrogens is 2. The van der Waals surface area contributed by atoms with E-state index in [0.29, 0.717) is 26.6 Å². The fourth-order valence-corrected chi connectivity index (χ4v) is 2.18. The molecule has 0 unspecified atom stereocenters. The molecule has 0 aliphatic carbocycles. The molecule has 2 aromatic rings. The van der Waals surface area contributed by atoms with Crippen LogP contribution in [0.3, 0.4) is 0 Å². The normalized spacial score (nSPS) is 10.4. The molecular weight excluding hydrogens is 320 g/mol. The zero-order valence-electron chi connectivity index (χ0n) is 9.45. The van der Waals surface area contributed by atoms with Crippen LogP contribution in [-0.4, -0.2) is 15.7 Å². The lowest BCUT2D eigenvalue weighted by atomic mass is 10.2. The highest BCUT2D eigenvalue weighted by molar-refractivity contribution is 9.10. The number of hydrogen-bond acceptors (Lipinski definition) is 3. The average Bonchev–Trinajstić information content (AvgIpc) is 2.64. The summed E-state index contributed by atoms with van der Waals surface area (Å²) in [7, 11) is 1.67. The first kappa shape index (κ1) is 12.9. The number of nitrogens with two attached hydrogens (primary N) is 1. The van der Waals surface area contributed by atoms with Gasteiger partial charge in [0, 0.05) is 16.5 Å². The number of aryl methyl sites for hydroxylation is 1. The van der Waals surface area contributed by atoms with Crippen molar-refractivity contribution in [1.29, 1.82) is 0 Å². The number of halogens is 2. The summed E-state index contributed by atoms with van der Waals surface area (Å²) in [6, 6.07) is 5.09. The predicted molar refractivity (Wildman–Crippen MR) is 74.7 cm³/mol. The molecular formula is C11H10BrClN4O. The first-order valence-electron chi connectivity index (χ1n) is 5.03. The molecule has 0 radical (unpaired) electrons. The molecule has 0 fully saturated rings. The second-order valence-electron chi connectivity index (χ2n) is 3.65. The Bertz CT molecular complexity index is 611. The van der Waals surface area contributed by atoms with Crippen molar-refractivity contribution in [2.45, 2.75) is 0 Å². The highest BCUT2D eigenvalue weighted by Crippen LogP contribution is 2.26. The van der Waals surface area contributed by atoms with E-state index < -0.39 is 0 Å². The minimum atomic E-state index is -0.316. The van der Waals surface area contributed by atoms with Crippen molar-refractivity contribution >= 4 is 44.9 Å². The van der Waals surface area contributed by atoms with E-state index in [1.165, 1.54) is 10.9 Å². The van der Waals surface area contributed by atoms with Crippen LogP contribution < -0.4 is 11.1 Å². The number of benzene rings is 1. The van der Waals surface area contributed by atoms with E-state index in [9.17, 15) is 4.79 Å². The number of nitrogens with zero attached hydrogens (tertiary/aromatic N) is 2. The summed E-state index contributed by atoms with van der Waals surface area (Å²) in [5.41, 5.74) is 6.68. The average molecular weight is 330 g/mol. The maximum absolute atomic E-state index is 12.0. The smallest absolute Gasteiger partial charge is 0.261 e. The number of nitrogens with one attached hydrogen (secondary N) is 1. The third-order valence-electron chi connectivity index (χ3n) is 2.41. The van der Waals surface area contributed by atoms with Gasteiger partial charge < -0.3 is 11.1 Å². The minimum Gasteiger partial charge on any atom is -0.383 e. The van der Waals surface area contributed by atoms with Gasteiger partial charge in [0.2, 0.25) is 0 Å². The van der Waals surface area contributed by atoms with Gasteiger partial charge in [0.1, 0.15) is 11.4 Å². The van der Waals surface area contributed by atoms with Crippen LogP contribution in [0, 0.1) is 0 Å². The van der Waals surface area contributed by atoms with Gasteiger partial charge in [-0.3, -0.25) is 9.48 Å². The predicted octanol–water partition coefficient (Wildman–Crippen LogP) is 2.67. The van der Waals surface area contributed by atoms with Gasteiger partial charge in [0.15, 0.2) is 0 Å². The van der Waals surface area contributed by atoms with Crippen molar-refractivity contribution < 1.29 is 4.79 Å². The van der Waals surface area contributed by atoms with E-state index >= 15 is 0 Å². The monoisotopic (exact) mass is 328 g/mol. The fraction of sp³-hybridized carbons (Fsp3) is 0.0909. The van der Waals surface area contributed by atoms with Gasteiger partial charge in [-0.25, -0.2) is 0 Å². The molecule has 1 aromatic heterocycles. The minimum absolute atomic E-state index is 0.316.